The molecule has 0 rings (SSSR count). The van der Waals surface area contributed by atoms with Gasteiger partial charge in [0.05, 0.1) is 0 Å². The fourth-order valence-corrected chi connectivity index (χ4v) is 1.14. The van der Waals surface area contributed by atoms with Crippen molar-refractivity contribution in [2.45, 2.75) is 38.0 Å². The fourth-order valence-electron chi connectivity index (χ4n) is 0.822. The van der Waals surface area contributed by atoms with Crippen LogP contribution in [0.3, 0.4) is 0 Å². The number of nitrogens with two attached hydrogens (primary N) is 1. The second-order valence-corrected chi connectivity index (χ2v) is 5.43. The Bertz CT molecular complexity index is 207. The van der Waals surface area contributed by atoms with E-state index in [0.717, 1.165) is 0 Å². The summed E-state index contributed by atoms with van der Waals surface area (Å²) in [4.78, 5) is 11.2. The van der Waals surface area contributed by atoms with E-state index in [2.05, 4.69) is 5.32 Å². The average molecular weight is 220 g/mol. The standard InChI is InChI=1S/C9H20N2O2S/c1-7(10)4-5-9(12)11-6-8(2)14(3)13/h7-8H,4-6,10H2,1-3H3,(H,11,12). The molecule has 0 saturated heterocycles. The largest absolute Gasteiger partial charge is 0.355 e. The van der Waals surface area contributed by atoms with E-state index in [4.69, 9.17) is 5.73 Å². The van der Waals surface area contributed by atoms with Crippen molar-refractivity contribution in [2.75, 3.05) is 12.8 Å². The summed E-state index contributed by atoms with van der Waals surface area (Å²) in [6.45, 7) is 4.19. The highest BCUT2D eigenvalue weighted by molar-refractivity contribution is 7.84. The van der Waals surface area contributed by atoms with E-state index in [-0.39, 0.29) is 17.2 Å². The molecule has 4 nitrogen and oxygen atoms in total. The molecule has 1 amide bonds. The van der Waals surface area contributed by atoms with Crippen molar-refractivity contribution in [1.29, 1.82) is 0 Å². The molecule has 0 aliphatic heterocycles. The van der Waals surface area contributed by atoms with E-state index in [9.17, 15) is 9.00 Å². The first-order chi connectivity index (χ1) is 6.43. The van der Waals surface area contributed by atoms with Gasteiger partial charge in [-0.15, -0.1) is 0 Å². The topological polar surface area (TPSA) is 72.2 Å². The van der Waals surface area contributed by atoms with Gasteiger partial charge in [-0.2, -0.15) is 0 Å². The average Bonchev–Trinajstić information content (AvgIpc) is 2.10. The third-order valence-corrected chi connectivity index (χ3v) is 3.28. The van der Waals surface area contributed by atoms with Gasteiger partial charge < -0.3 is 11.1 Å². The van der Waals surface area contributed by atoms with Crippen LogP contribution in [0.4, 0.5) is 0 Å². The van der Waals surface area contributed by atoms with Gasteiger partial charge in [-0.1, -0.05) is 0 Å². The predicted molar refractivity (Wildman–Crippen MR) is 59.4 cm³/mol. The van der Waals surface area contributed by atoms with Crippen molar-refractivity contribution < 1.29 is 9.00 Å². The zero-order chi connectivity index (χ0) is 11.1. The highest BCUT2D eigenvalue weighted by atomic mass is 32.2. The summed E-state index contributed by atoms with van der Waals surface area (Å²) in [6, 6.07) is 0.0541. The second kappa shape index (κ2) is 6.95. The van der Waals surface area contributed by atoms with Crippen molar-refractivity contribution in [3.05, 3.63) is 0 Å². The van der Waals surface area contributed by atoms with E-state index >= 15 is 0 Å². The Kier molecular flexibility index (Phi) is 6.74. The number of rotatable bonds is 6. The Morgan fingerprint density at radius 2 is 2.07 bits per heavy atom. The number of carbonyl (C=O) groups is 1. The molecule has 5 heteroatoms. The lowest BCUT2D eigenvalue weighted by molar-refractivity contribution is -0.121. The lowest BCUT2D eigenvalue weighted by Crippen LogP contribution is -2.33. The smallest absolute Gasteiger partial charge is 0.220 e. The molecule has 0 bridgehead atoms. The second-order valence-electron chi connectivity index (χ2n) is 3.63. The molecule has 84 valence electrons. The molecule has 3 atom stereocenters. The maximum Gasteiger partial charge on any atom is 0.220 e. The molecular weight excluding hydrogens is 200 g/mol. The molecule has 0 heterocycles. The van der Waals surface area contributed by atoms with Crippen LogP contribution in [0.2, 0.25) is 0 Å². The predicted octanol–water partition coefficient (Wildman–Crippen LogP) is -0.00300. The zero-order valence-electron chi connectivity index (χ0n) is 9.08. The quantitative estimate of drug-likeness (QED) is 0.661. The maximum atomic E-state index is 11.2. The van der Waals surface area contributed by atoms with Gasteiger partial charge in [-0.3, -0.25) is 9.00 Å². The lowest BCUT2D eigenvalue weighted by Gasteiger charge is -2.10. The van der Waals surface area contributed by atoms with Crippen LogP contribution in [0.1, 0.15) is 26.7 Å². The van der Waals surface area contributed by atoms with Crippen LogP contribution >= 0.6 is 0 Å². The summed E-state index contributed by atoms with van der Waals surface area (Å²) in [5.41, 5.74) is 5.52. The van der Waals surface area contributed by atoms with Gasteiger partial charge in [-0.05, 0) is 20.3 Å². The van der Waals surface area contributed by atoms with Gasteiger partial charge in [0.25, 0.3) is 0 Å². The van der Waals surface area contributed by atoms with Gasteiger partial charge >= 0.3 is 0 Å². The molecular formula is C9H20N2O2S. The van der Waals surface area contributed by atoms with Gasteiger partial charge in [0.2, 0.25) is 5.91 Å². The van der Waals surface area contributed by atoms with Crippen LogP contribution in [-0.2, 0) is 15.6 Å². The van der Waals surface area contributed by atoms with Crippen molar-refractivity contribution in [3.8, 4) is 0 Å². The lowest BCUT2D eigenvalue weighted by atomic mass is 10.2. The van der Waals surface area contributed by atoms with Gasteiger partial charge in [0, 0.05) is 41.3 Å². The fraction of sp³-hybridized carbons (Fsp3) is 0.889. The summed E-state index contributed by atoms with van der Waals surface area (Å²) in [7, 11) is -0.879. The summed E-state index contributed by atoms with van der Waals surface area (Å²) in [6.07, 6.45) is 2.77. The molecule has 0 aromatic rings. The van der Waals surface area contributed by atoms with Gasteiger partial charge in [0.15, 0.2) is 0 Å². The minimum absolute atomic E-state index is 0.00856. The van der Waals surface area contributed by atoms with E-state index in [1.54, 1.807) is 6.26 Å². The number of amides is 1. The first kappa shape index (κ1) is 13.6. The van der Waals surface area contributed by atoms with Crippen LogP contribution in [-0.4, -0.2) is 34.2 Å². The number of carbonyl (C=O) groups excluding carboxylic acids is 1. The first-order valence-corrected chi connectivity index (χ1v) is 6.40. The van der Waals surface area contributed by atoms with Gasteiger partial charge in [0.1, 0.15) is 0 Å². The van der Waals surface area contributed by atoms with E-state index in [1.807, 2.05) is 13.8 Å². The van der Waals surface area contributed by atoms with Crippen molar-refractivity contribution in [1.82, 2.24) is 5.32 Å². The third kappa shape index (κ3) is 7.03. The number of nitrogens with one attached hydrogen (secondary N) is 1. The molecule has 0 radical (unpaired) electrons. The number of hydrogen-bond donors (Lipinski definition) is 2. The molecule has 0 aromatic carbocycles. The Hall–Kier alpha value is -0.420. The third-order valence-electron chi connectivity index (χ3n) is 1.98. The normalized spacial score (nSPS) is 17.1. The van der Waals surface area contributed by atoms with Gasteiger partial charge in [-0.25, -0.2) is 0 Å². The van der Waals surface area contributed by atoms with Crippen LogP contribution in [0.5, 0.6) is 0 Å². The highest BCUT2D eigenvalue weighted by Crippen LogP contribution is 1.94. The summed E-state index contributed by atoms with van der Waals surface area (Å²) < 4.78 is 11.0. The minimum Gasteiger partial charge on any atom is -0.355 e. The molecule has 3 N–H and O–H groups in total. The molecule has 0 aliphatic rings. The first-order valence-electron chi connectivity index (χ1n) is 4.78. The van der Waals surface area contributed by atoms with E-state index in [0.29, 0.717) is 19.4 Å². The molecule has 14 heavy (non-hydrogen) atoms. The molecule has 0 aliphatic carbocycles. The van der Waals surface area contributed by atoms with E-state index < -0.39 is 10.8 Å². The van der Waals surface area contributed by atoms with Crippen LogP contribution < -0.4 is 11.1 Å². The summed E-state index contributed by atoms with van der Waals surface area (Å²) >= 11 is 0. The maximum absolute atomic E-state index is 11.2. The van der Waals surface area contributed by atoms with Crippen molar-refractivity contribution in [2.24, 2.45) is 5.73 Å². The molecule has 0 aromatic heterocycles. The van der Waals surface area contributed by atoms with E-state index in [1.165, 1.54) is 0 Å². The minimum atomic E-state index is -0.879. The van der Waals surface area contributed by atoms with Crippen molar-refractivity contribution in [3.63, 3.8) is 0 Å². The summed E-state index contributed by atoms with van der Waals surface area (Å²) in [5.74, 6) is -0.0143. The zero-order valence-corrected chi connectivity index (χ0v) is 9.89. The Balaban J connectivity index is 3.59. The SMILES string of the molecule is CC(N)CCC(=O)NCC(C)S(C)=O. The Morgan fingerprint density at radius 3 is 2.50 bits per heavy atom. The van der Waals surface area contributed by atoms with Crippen LogP contribution in [0, 0.1) is 0 Å². The monoisotopic (exact) mass is 220 g/mol. The number of hydrogen-bond acceptors (Lipinski definition) is 3. The molecule has 0 saturated carbocycles. The Labute approximate surface area is 88.1 Å². The highest BCUT2D eigenvalue weighted by Gasteiger charge is 2.08. The molecule has 0 fully saturated rings. The molecule has 0 spiro atoms. The Morgan fingerprint density at radius 1 is 1.50 bits per heavy atom. The van der Waals surface area contributed by atoms with Crippen LogP contribution in [0.15, 0.2) is 0 Å². The summed E-state index contributed by atoms with van der Waals surface area (Å²) in [5, 5.41) is 2.74. The molecule has 3 unspecified atom stereocenters. The van der Waals surface area contributed by atoms with Crippen LogP contribution in [0.25, 0.3) is 0 Å². The van der Waals surface area contributed by atoms with Crippen molar-refractivity contribution >= 4 is 16.7 Å².